The third-order valence-corrected chi connectivity index (χ3v) is 2.37. The maximum absolute atomic E-state index is 10.8. The number of rotatable bonds is 7. The quantitative estimate of drug-likeness (QED) is 0.474. The summed E-state index contributed by atoms with van der Waals surface area (Å²) in [6.45, 7) is 3.96. The molecule has 0 atom stereocenters. The summed E-state index contributed by atoms with van der Waals surface area (Å²) < 4.78 is 5.82. The number of pyridine rings is 1. The van der Waals surface area contributed by atoms with Crippen molar-refractivity contribution in [1.29, 1.82) is 0 Å². The molecule has 94 valence electrons. The SMILES string of the molecule is CCCNCCOc1ncc(Br)cc1[N+](=O)[O-]. The first-order valence-corrected chi connectivity index (χ1v) is 6.08. The molecule has 0 saturated heterocycles. The van der Waals surface area contributed by atoms with Gasteiger partial charge >= 0.3 is 5.69 Å². The van der Waals surface area contributed by atoms with Crippen LogP contribution in [0.5, 0.6) is 5.88 Å². The minimum absolute atomic E-state index is 0.0523. The predicted octanol–water partition coefficient (Wildman–Crippen LogP) is 2.13. The summed E-state index contributed by atoms with van der Waals surface area (Å²) >= 11 is 3.13. The summed E-state index contributed by atoms with van der Waals surface area (Å²) in [5.74, 6) is 0.0523. The fourth-order valence-corrected chi connectivity index (χ4v) is 1.50. The number of ether oxygens (including phenoxy) is 1. The van der Waals surface area contributed by atoms with Gasteiger partial charge in [0.05, 0.1) is 4.92 Å². The highest BCUT2D eigenvalue weighted by molar-refractivity contribution is 9.10. The zero-order valence-electron chi connectivity index (χ0n) is 9.48. The van der Waals surface area contributed by atoms with Crippen LogP contribution < -0.4 is 10.1 Å². The van der Waals surface area contributed by atoms with Crippen molar-refractivity contribution in [3.63, 3.8) is 0 Å². The lowest BCUT2D eigenvalue weighted by atomic mass is 10.4. The molecule has 0 amide bonds. The molecule has 0 bridgehead atoms. The second kappa shape index (κ2) is 7.18. The van der Waals surface area contributed by atoms with Gasteiger partial charge in [0.1, 0.15) is 6.61 Å². The van der Waals surface area contributed by atoms with Crippen molar-refractivity contribution >= 4 is 21.6 Å². The molecule has 0 fully saturated rings. The molecule has 0 aliphatic heterocycles. The average Bonchev–Trinajstić information content (AvgIpc) is 2.30. The van der Waals surface area contributed by atoms with Crippen LogP contribution in [0.2, 0.25) is 0 Å². The van der Waals surface area contributed by atoms with Gasteiger partial charge in [-0.05, 0) is 28.9 Å². The smallest absolute Gasteiger partial charge is 0.332 e. The molecular weight excluding hydrogens is 290 g/mol. The van der Waals surface area contributed by atoms with Gasteiger partial charge in [0.25, 0.3) is 5.88 Å². The van der Waals surface area contributed by atoms with E-state index in [0.717, 1.165) is 13.0 Å². The number of aromatic nitrogens is 1. The Bertz CT molecular complexity index is 387. The van der Waals surface area contributed by atoms with Crippen LogP contribution in [0.4, 0.5) is 5.69 Å². The van der Waals surface area contributed by atoms with Crippen molar-refractivity contribution < 1.29 is 9.66 Å². The van der Waals surface area contributed by atoms with E-state index in [0.29, 0.717) is 17.6 Å². The Morgan fingerprint density at radius 3 is 3.00 bits per heavy atom. The molecule has 0 aromatic carbocycles. The van der Waals surface area contributed by atoms with E-state index in [-0.39, 0.29) is 11.6 Å². The number of halogens is 1. The molecule has 1 aromatic heterocycles. The van der Waals surface area contributed by atoms with Gasteiger partial charge in [0.15, 0.2) is 0 Å². The highest BCUT2D eigenvalue weighted by atomic mass is 79.9. The Morgan fingerprint density at radius 1 is 1.59 bits per heavy atom. The van der Waals surface area contributed by atoms with E-state index in [2.05, 4.69) is 33.2 Å². The van der Waals surface area contributed by atoms with Gasteiger partial charge in [-0.25, -0.2) is 4.98 Å². The van der Waals surface area contributed by atoms with E-state index < -0.39 is 4.92 Å². The first-order chi connectivity index (χ1) is 8.15. The molecule has 0 unspecified atom stereocenters. The highest BCUT2D eigenvalue weighted by Gasteiger charge is 2.17. The zero-order valence-corrected chi connectivity index (χ0v) is 11.1. The van der Waals surface area contributed by atoms with Gasteiger partial charge in [-0.3, -0.25) is 10.1 Å². The van der Waals surface area contributed by atoms with E-state index in [1.165, 1.54) is 12.3 Å². The summed E-state index contributed by atoms with van der Waals surface area (Å²) in [6.07, 6.45) is 2.51. The maximum Gasteiger partial charge on any atom is 0.332 e. The normalized spacial score (nSPS) is 10.2. The van der Waals surface area contributed by atoms with E-state index >= 15 is 0 Å². The molecule has 1 rings (SSSR count). The van der Waals surface area contributed by atoms with E-state index in [9.17, 15) is 10.1 Å². The molecule has 0 aliphatic rings. The lowest BCUT2D eigenvalue weighted by Gasteiger charge is -2.06. The van der Waals surface area contributed by atoms with Crippen molar-refractivity contribution in [2.75, 3.05) is 19.7 Å². The number of nitrogens with zero attached hydrogens (tertiary/aromatic N) is 2. The van der Waals surface area contributed by atoms with Crippen LogP contribution in [0.25, 0.3) is 0 Å². The molecule has 1 heterocycles. The highest BCUT2D eigenvalue weighted by Crippen LogP contribution is 2.26. The number of hydrogen-bond donors (Lipinski definition) is 1. The molecule has 17 heavy (non-hydrogen) atoms. The Kier molecular flexibility index (Phi) is 5.85. The van der Waals surface area contributed by atoms with Crippen molar-refractivity contribution in [2.45, 2.75) is 13.3 Å². The molecule has 7 heteroatoms. The lowest BCUT2D eigenvalue weighted by molar-refractivity contribution is -0.386. The van der Waals surface area contributed by atoms with Crippen molar-refractivity contribution in [3.8, 4) is 5.88 Å². The van der Waals surface area contributed by atoms with Gasteiger partial charge in [-0.15, -0.1) is 0 Å². The van der Waals surface area contributed by atoms with Gasteiger partial charge in [-0.2, -0.15) is 0 Å². The van der Waals surface area contributed by atoms with Crippen LogP contribution in [0.3, 0.4) is 0 Å². The Labute approximate surface area is 108 Å². The molecule has 1 aromatic rings. The van der Waals surface area contributed by atoms with Crippen LogP contribution >= 0.6 is 15.9 Å². The van der Waals surface area contributed by atoms with E-state index in [1.54, 1.807) is 0 Å². The summed E-state index contributed by atoms with van der Waals surface area (Å²) in [6, 6.07) is 1.38. The monoisotopic (exact) mass is 303 g/mol. The number of nitrogens with one attached hydrogen (secondary N) is 1. The largest absolute Gasteiger partial charge is 0.471 e. The zero-order chi connectivity index (χ0) is 12.7. The predicted molar refractivity (Wildman–Crippen MR) is 67.2 cm³/mol. The second-order valence-electron chi connectivity index (χ2n) is 3.33. The summed E-state index contributed by atoms with van der Waals surface area (Å²) in [5.41, 5.74) is -0.130. The lowest BCUT2D eigenvalue weighted by Crippen LogP contribution is -2.22. The molecule has 0 radical (unpaired) electrons. The first kappa shape index (κ1) is 13.9. The van der Waals surface area contributed by atoms with Crippen LogP contribution in [-0.2, 0) is 0 Å². The standard InChI is InChI=1S/C10H14BrN3O3/c1-2-3-12-4-5-17-10-9(14(15)16)6-8(11)7-13-10/h6-7,12H,2-5H2,1H3. The Balaban J connectivity index is 2.55. The van der Waals surface area contributed by atoms with Gasteiger partial charge in [0.2, 0.25) is 0 Å². The van der Waals surface area contributed by atoms with Crippen LogP contribution in [0, 0.1) is 10.1 Å². The Hall–Kier alpha value is -1.21. The molecule has 1 N–H and O–H groups in total. The third kappa shape index (κ3) is 4.66. The maximum atomic E-state index is 10.8. The second-order valence-corrected chi connectivity index (χ2v) is 4.25. The Morgan fingerprint density at radius 2 is 2.35 bits per heavy atom. The van der Waals surface area contributed by atoms with Crippen LogP contribution in [0.15, 0.2) is 16.7 Å². The number of nitro groups is 1. The van der Waals surface area contributed by atoms with E-state index in [1.807, 2.05) is 0 Å². The summed E-state index contributed by atoms with van der Waals surface area (Å²) in [4.78, 5) is 14.1. The van der Waals surface area contributed by atoms with Crippen LogP contribution in [-0.4, -0.2) is 29.6 Å². The van der Waals surface area contributed by atoms with Crippen LogP contribution in [0.1, 0.15) is 13.3 Å². The van der Waals surface area contributed by atoms with Crippen molar-refractivity contribution in [1.82, 2.24) is 10.3 Å². The third-order valence-electron chi connectivity index (χ3n) is 1.94. The first-order valence-electron chi connectivity index (χ1n) is 5.28. The molecule has 6 nitrogen and oxygen atoms in total. The molecular formula is C10H14BrN3O3. The topological polar surface area (TPSA) is 77.3 Å². The molecule has 0 saturated carbocycles. The fraction of sp³-hybridized carbons (Fsp3) is 0.500. The summed E-state index contributed by atoms with van der Waals surface area (Å²) in [5, 5.41) is 13.9. The minimum Gasteiger partial charge on any atom is -0.471 e. The van der Waals surface area contributed by atoms with Gasteiger partial charge < -0.3 is 10.1 Å². The number of hydrogen-bond acceptors (Lipinski definition) is 5. The van der Waals surface area contributed by atoms with Crippen molar-refractivity contribution in [3.05, 3.63) is 26.9 Å². The fourth-order valence-electron chi connectivity index (χ4n) is 1.18. The minimum atomic E-state index is -0.507. The van der Waals surface area contributed by atoms with E-state index in [4.69, 9.17) is 4.74 Å². The molecule has 0 spiro atoms. The average molecular weight is 304 g/mol. The van der Waals surface area contributed by atoms with Crippen molar-refractivity contribution in [2.24, 2.45) is 0 Å². The van der Waals surface area contributed by atoms with Gasteiger partial charge in [0, 0.05) is 23.3 Å². The molecule has 0 aliphatic carbocycles. The summed E-state index contributed by atoms with van der Waals surface area (Å²) in [7, 11) is 0. The van der Waals surface area contributed by atoms with Gasteiger partial charge in [-0.1, -0.05) is 6.92 Å².